The number of urea groups is 1. The third-order valence-electron chi connectivity index (χ3n) is 5.83. The maximum Gasteiger partial charge on any atom is 0.337 e. The van der Waals surface area contributed by atoms with Crippen LogP contribution < -0.4 is 10.2 Å². The number of nitrogens with one attached hydrogen (secondary N) is 1. The van der Waals surface area contributed by atoms with E-state index in [1.807, 2.05) is 71.9 Å². The van der Waals surface area contributed by atoms with E-state index in [9.17, 15) is 14.7 Å². The number of anilines is 1. The quantitative estimate of drug-likeness (QED) is 0.582. The number of aryl methyl sites for hydroxylation is 2. The smallest absolute Gasteiger partial charge is 0.337 e. The maximum atomic E-state index is 12.9. The Kier molecular flexibility index (Phi) is 7.48. The van der Waals surface area contributed by atoms with Crippen LogP contribution in [0.25, 0.3) is 11.1 Å². The summed E-state index contributed by atoms with van der Waals surface area (Å²) < 4.78 is 6.08. The number of carbonyl (C=O) groups excluding carboxylic acids is 1. The van der Waals surface area contributed by atoms with Crippen molar-refractivity contribution >= 4 is 17.7 Å². The topological polar surface area (TPSA) is 78.9 Å². The maximum absolute atomic E-state index is 12.9. The van der Waals surface area contributed by atoms with Gasteiger partial charge in [0.15, 0.2) is 6.10 Å². The molecule has 178 valence electrons. The van der Waals surface area contributed by atoms with E-state index in [0.29, 0.717) is 18.7 Å². The van der Waals surface area contributed by atoms with E-state index in [2.05, 4.69) is 5.32 Å². The Morgan fingerprint density at radius 1 is 1.18 bits per heavy atom. The lowest BCUT2D eigenvalue weighted by atomic mass is 9.83. The third-order valence-corrected chi connectivity index (χ3v) is 5.83. The van der Waals surface area contributed by atoms with Gasteiger partial charge in [0.2, 0.25) is 0 Å². The van der Waals surface area contributed by atoms with E-state index >= 15 is 0 Å². The monoisotopic (exact) mass is 452 g/mol. The molecule has 2 N–H and O–H groups in total. The van der Waals surface area contributed by atoms with Gasteiger partial charge in [-0.1, -0.05) is 36.8 Å². The molecule has 1 unspecified atom stereocenters. The van der Waals surface area contributed by atoms with E-state index < -0.39 is 17.7 Å². The van der Waals surface area contributed by atoms with Crippen LogP contribution in [0.4, 0.5) is 10.5 Å². The lowest BCUT2D eigenvalue weighted by molar-refractivity contribution is -0.160. The molecule has 0 aliphatic carbocycles. The molecule has 0 bridgehead atoms. The number of ether oxygens (including phenoxy) is 1. The molecule has 1 heterocycles. The van der Waals surface area contributed by atoms with Crippen molar-refractivity contribution in [2.45, 2.75) is 72.5 Å². The molecule has 1 aliphatic heterocycles. The van der Waals surface area contributed by atoms with Crippen molar-refractivity contribution in [3.8, 4) is 11.1 Å². The van der Waals surface area contributed by atoms with Crippen LogP contribution in [-0.4, -0.2) is 35.8 Å². The van der Waals surface area contributed by atoms with Gasteiger partial charge in [-0.15, -0.1) is 0 Å². The summed E-state index contributed by atoms with van der Waals surface area (Å²) >= 11 is 0. The molecule has 3 rings (SSSR count). The van der Waals surface area contributed by atoms with Crippen molar-refractivity contribution < 1.29 is 19.4 Å². The zero-order valence-electron chi connectivity index (χ0n) is 20.6. The number of hydrogen-bond acceptors (Lipinski definition) is 3. The van der Waals surface area contributed by atoms with Crippen molar-refractivity contribution in [2.75, 3.05) is 18.0 Å². The minimum Gasteiger partial charge on any atom is -0.479 e. The minimum atomic E-state index is -1.11. The van der Waals surface area contributed by atoms with Crippen LogP contribution in [0, 0.1) is 13.8 Å². The molecule has 2 aromatic rings. The van der Waals surface area contributed by atoms with E-state index in [1.165, 1.54) is 0 Å². The summed E-state index contributed by atoms with van der Waals surface area (Å²) in [5.41, 5.74) is 5.62. The molecule has 0 aromatic heterocycles. The summed E-state index contributed by atoms with van der Waals surface area (Å²) in [6.45, 7) is 12.8. The second kappa shape index (κ2) is 9.96. The zero-order chi connectivity index (χ0) is 24.3. The van der Waals surface area contributed by atoms with Crippen LogP contribution in [0.3, 0.4) is 0 Å². The minimum absolute atomic E-state index is 0.111. The fourth-order valence-corrected chi connectivity index (χ4v) is 4.40. The van der Waals surface area contributed by atoms with Gasteiger partial charge in [0.05, 0.1) is 5.60 Å². The molecular weight excluding hydrogens is 416 g/mol. The van der Waals surface area contributed by atoms with Crippen molar-refractivity contribution in [3.05, 3.63) is 52.6 Å². The standard InChI is InChI=1S/C27H36N2O4/c1-7-14-28-26(32)29-15-8-9-20-21(29)16-18(3)22(24(25(30)31)33-27(4,5)6)23(20)19-12-10-17(2)11-13-19/h10-13,16,24H,7-9,14-15H2,1-6H3,(H,28,32)(H,30,31). The fourth-order valence-electron chi connectivity index (χ4n) is 4.40. The first-order valence-corrected chi connectivity index (χ1v) is 11.7. The van der Waals surface area contributed by atoms with Gasteiger partial charge in [0.1, 0.15) is 0 Å². The molecule has 2 amide bonds. The van der Waals surface area contributed by atoms with Crippen molar-refractivity contribution in [1.29, 1.82) is 0 Å². The van der Waals surface area contributed by atoms with Crippen molar-refractivity contribution in [2.24, 2.45) is 0 Å². The van der Waals surface area contributed by atoms with Crippen LogP contribution in [0.15, 0.2) is 30.3 Å². The number of fused-ring (bicyclic) bond motifs is 1. The molecule has 0 saturated heterocycles. The number of carboxylic acids is 1. The normalized spacial score (nSPS) is 14.5. The molecule has 2 aromatic carbocycles. The highest BCUT2D eigenvalue weighted by Crippen LogP contribution is 2.44. The molecule has 0 radical (unpaired) electrons. The summed E-state index contributed by atoms with van der Waals surface area (Å²) in [7, 11) is 0. The Labute approximate surface area is 196 Å². The van der Waals surface area contributed by atoms with E-state index in [0.717, 1.165) is 52.8 Å². The molecule has 0 saturated carbocycles. The first kappa shape index (κ1) is 24.8. The average molecular weight is 453 g/mol. The highest BCUT2D eigenvalue weighted by Gasteiger charge is 2.34. The Balaban J connectivity index is 2.27. The van der Waals surface area contributed by atoms with Crippen LogP contribution in [0.1, 0.15) is 68.9 Å². The van der Waals surface area contributed by atoms with Crippen LogP contribution in [0.5, 0.6) is 0 Å². The van der Waals surface area contributed by atoms with Gasteiger partial charge in [-0.3, -0.25) is 4.90 Å². The number of hydrogen-bond donors (Lipinski definition) is 2. The highest BCUT2D eigenvalue weighted by atomic mass is 16.5. The van der Waals surface area contributed by atoms with Crippen LogP contribution in [0.2, 0.25) is 0 Å². The Morgan fingerprint density at radius 3 is 2.42 bits per heavy atom. The number of rotatable bonds is 6. The van der Waals surface area contributed by atoms with E-state index in [1.54, 1.807) is 4.90 Å². The predicted octanol–water partition coefficient (Wildman–Crippen LogP) is 5.78. The number of amides is 2. The number of carbonyl (C=O) groups is 2. The summed E-state index contributed by atoms with van der Waals surface area (Å²) in [6, 6.07) is 9.96. The highest BCUT2D eigenvalue weighted by molar-refractivity contribution is 5.96. The molecule has 6 nitrogen and oxygen atoms in total. The Morgan fingerprint density at radius 2 is 1.85 bits per heavy atom. The van der Waals surface area contributed by atoms with Gasteiger partial charge in [-0.05, 0) is 82.2 Å². The lowest BCUT2D eigenvalue weighted by Crippen LogP contribution is -2.43. The van der Waals surface area contributed by atoms with Gasteiger partial charge in [0.25, 0.3) is 0 Å². The summed E-state index contributed by atoms with van der Waals surface area (Å²) in [4.78, 5) is 27.2. The average Bonchev–Trinajstić information content (AvgIpc) is 2.74. The number of nitrogens with zero attached hydrogens (tertiary/aromatic N) is 1. The molecule has 1 aliphatic rings. The number of aliphatic carboxylic acids is 1. The van der Waals surface area contributed by atoms with Crippen molar-refractivity contribution in [1.82, 2.24) is 5.32 Å². The van der Waals surface area contributed by atoms with Gasteiger partial charge >= 0.3 is 12.0 Å². The fraction of sp³-hybridized carbons (Fsp3) is 0.481. The van der Waals surface area contributed by atoms with Crippen LogP contribution in [-0.2, 0) is 16.0 Å². The SMILES string of the molecule is CCCNC(=O)N1CCCc2c1cc(C)c(C(OC(C)(C)C)C(=O)O)c2-c1ccc(C)cc1. The molecule has 0 spiro atoms. The zero-order valence-corrected chi connectivity index (χ0v) is 20.6. The first-order chi connectivity index (χ1) is 15.5. The number of carboxylic acid groups (broad SMARTS) is 1. The second-order valence-electron chi connectivity index (χ2n) is 9.78. The molecule has 0 fully saturated rings. The molecule has 1 atom stereocenters. The summed E-state index contributed by atoms with van der Waals surface area (Å²) in [5.74, 6) is -1.02. The lowest BCUT2D eigenvalue weighted by Gasteiger charge is -2.35. The summed E-state index contributed by atoms with van der Waals surface area (Å²) in [6.07, 6.45) is 1.33. The summed E-state index contributed by atoms with van der Waals surface area (Å²) in [5, 5.41) is 13.2. The molecular formula is C27H36N2O4. The molecule has 6 heteroatoms. The Hall–Kier alpha value is -2.86. The Bertz CT molecular complexity index is 1020. The molecule has 33 heavy (non-hydrogen) atoms. The largest absolute Gasteiger partial charge is 0.479 e. The van der Waals surface area contributed by atoms with Crippen molar-refractivity contribution in [3.63, 3.8) is 0 Å². The number of benzene rings is 2. The van der Waals surface area contributed by atoms with E-state index in [-0.39, 0.29) is 6.03 Å². The first-order valence-electron chi connectivity index (χ1n) is 11.7. The third kappa shape index (κ3) is 5.56. The van der Waals surface area contributed by atoms with Gasteiger partial charge in [-0.2, -0.15) is 0 Å². The second-order valence-corrected chi connectivity index (χ2v) is 9.78. The van der Waals surface area contributed by atoms with Gasteiger partial charge in [-0.25, -0.2) is 9.59 Å². The van der Waals surface area contributed by atoms with Gasteiger partial charge in [0, 0.05) is 24.3 Å². The predicted molar refractivity (Wildman–Crippen MR) is 132 cm³/mol. The van der Waals surface area contributed by atoms with Gasteiger partial charge < -0.3 is 15.2 Å². The van der Waals surface area contributed by atoms with Crippen LogP contribution >= 0.6 is 0 Å². The van der Waals surface area contributed by atoms with E-state index in [4.69, 9.17) is 4.74 Å².